The van der Waals surface area contributed by atoms with Gasteiger partial charge in [0.15, 0.2) is 0 Å². The summed E-state index contributed by atoms with van der Waals surface area (Å²) in [4.78, 5) is 18.2. The Balaban J connectivity index is 1.65. The minimum Gasteiger partial charge on any atom is -0.491 e. The Morgan fingerprint density at radius 3 is 2.09 bits per heavy atom. The molecule has 6 nitrogen and oxygen atoms in total. The summed E-state index contributed by atoms with van der Waals surface area (Å²) in [6.07, 6.45) is 0.418. The minimum absolute atomic E-state index is 0.0211. The third kappa shape index (κ3) is 6.28. The van der Waals surface area contributed by atoms with Crippen LogP contribution in [-0.2, 0) is 4.79 Å². The smallest absolute Gasteiger partial charge is 0.234 e. The molecule has 1 heterocycles. The zero-order valence-corrected chi connectivity index (χ0v) is 20.2. The van der Waals surface area contributed by atoms with Crippen LogP contribution in [0.4, 0.5) is 0 Å². The van der Waals surface area contributed by atoms with E-state index in [1.807, 2.05) is 96.9 Å². The van der Waals surface area contributed by atoms with Gasteiger partial charge in [-0.05, 0) is 35.2 Å². The van der Waals surface area contributed by atoms with Crippen LogP contribution < -0.4 is 4.74 Å². The molecule has 6 heteroatoms. The predicted octanol–water partition coefficient (Wildman–Crippen LogP) is 3.46. The largest absolute Gasteiger partial charge is 0.491 e. The quantitative estimate of drug-likeness (QED) is 0.471. The summed E-state index contributed by atoms with van der Waals surface area (Å²) < 4.78 is 5.53. The lowest BCUT2D eigenvalue weighted by molar-refractivity contribution is -0.133. The van der Waals surface area contributed by atoms with Crippen LogP contribution in [-0.4, -0.2) is 71.9 Å². The zero-order valence-electron chi connectivity index (χ0n) is 20.2. The van der Waals surface area contributed by atoms with Crippen molar-refractivity contribution in [3.05, 3.63) is 102 Å². The van der Waals surface area contributed by atoms with E-state index in [4.69, 9.17) is 9.84 Å². The standard InChI is InChI=1S/C29H34N2O4/c1-30(29(34)28(23-8-4-2-5-9-23)24-10-6-3-7-11-24)27(21-31-17-16-25(33)20-31)22-12-14-26(15-13-22)35-19-18-32/h2-15,25,27-28,32-33H,16-21H2,1H3/t25-,27?/m0/s1. The second kappa shape index (κ2) is 12.0. The van der Waals surface area contributed by atoms with Gasteiger partial charge in [-0.1, -0.05) is 72.8 Å². The molecule has 3 aromatic rings. The van der Waals surface area contributed by atoms with Crippen molar-refractivity contribution in [2.24, 2.45) is 0 Å². The van der Waals surface area contributed by atoms with E-state index < -0.39 is 5.92 Å². The van der Waals surface area contributed by atoms with Crippen molar-refractivity contribution in [2.75, 3.05) is 39.9 Å². The first-order valence-corrected chi connectivity index (χ1v) is 12.2. The molecule has 0 bridgehead atoms. The number of nitrogens with zero attached hydrogens (tertiary/aromatic N) is 2. The van der Waals surface area contributed by atoms with Crippen molar-refractivity contribution in [2.45, 2.75) is 24.5 Å². The van der Waals surface area contributed by atoms with Crippen LogP contribution in [0.2, 0.25) is 0 Å². The molecule has 0 saturated carbocycles. The highest BCUT2D eigenvalue weighted by atomic mass is 16.5. The third-order valence-electron chi connectivity index (χ3n) is 6.63. The molecule has 35 heavy (non-hydrogen) atoms. The first-order valence-electron chi connectivity index (χ1n) is 12.2. The van der Waals surface area contributed by atoms with Crippen LogP contribution in [0.15, 0.2) is 84.9 Å². The number of aliphatic hydroxyl groups excluding tert-OH is 2. The lowest BCUT2D eigenvalue weighted by Gasteiger charge is -2.34. The van der Waals surface area contributed by atoms with Gasteiger partial charge in [0.2, 0.25) is 5.91 Å². The number of ether oxygens (including phenoxy) is 1. The van der Waals surface area contributed by atoms with Crippen molar-refractivity contribution in [1.82, 2.24) is 9.80 Å². The summed E-state index contributed by atoms with van der Waals surface area (Å²) in [6, 6.07) is 27.3. The van der Waals surface area contributed by atoms with Crippen LogP contribution in [0.25, 0.3) is 0 Å². The van der Waals surface area contributed by atoms with E-state index in [2.05, 4.69) is 4.90 Å². The van der Waals surface area contributed by atoms with E-state index in [0.29, 0.717) is 18.8 Å². The van der Waals surface area contributed by atoms with Gasteiger partial charge < -0.3 is 19.8 Å². The zero-order chi connectivity index (χ0) is 24.6. The van der Waals surface area contributed by atoms with Gasteiger partial charge in [0.25, 0.3) is 0 Å². The average molecular weight is 475 g/mol. The van der Waals surface area contributed by atoms with Crippen LogP contribution in [0, 0.1) is 0 Å². The number of amides is 1. The summed E-state index contributed by atoms with van der Waals surface area (Å²) in [6.45, 7) is 2.24. The molecule has 2 N–H and O–H groups in total. The summed E-state index contributed by atoms with van der Waals surface area (Å²) >= 11 is 0. The van der Waals surface area contributed by atoms with Crippen molar-refractivity contribution in [3.63, 3.8) is 0 Å². The van der Waals surface area contributed by atoms with E-state index in [-0.39, 0.29) is 31.3 Å². The molecule has 1 unspecified atom stereocenters. The number of hydrogen-bond acceptors (Lipinski definition) is 5. The van der Waals surface area contributed by atoms with Gasteiger partial charge in [0.05, 0.1) is 24.7 Å². The maximum Gasteiger partial charge on any atom is 0.234 e. The fraction of sp³-hybridized carbons (Fsp3) is 0.345. The third-order valence-corrected chi connectivity index (χ3v) is 6.63. The molecule has 4 rings (SSSR count). The minimum atomic E-state index is -0.416. The molecule has 1 fully saturated rings. The van der Waals surface area contributed by atoms with Crippen molar-refractivity contribution < 1.29 is 19.7 Å². The maximum atomic E-state index is 14.1. The molecule has 184 valence electrons. The highest BCUT2D eigenvalue weighted by Crippen LogP contribution is 2.32. The van der Waals surface area contributed by atoms with E-state index in [1.54, 1.807) is 0 Å². The Hall–Kier alpha value is -3.19. The van der Waals surface area contributed by atoms with Gasteiger partial charge in [0.1, 0.15) is 12.4 Å². The molecule has 0 aromatic heterocycles. The molecule has 1 saturated heterocycles. The van der Waals surface area contributed by atoms with Gasteiger partial charge >= 0.3 is 0 Å². The Morgan fingerprint density at radius 2 is 1.57 bits per heavy atom. The predicted molar refractivity (Wildman–Crippen MR) is 136 cm³/mol. The number of benzene rings is 3. The van der Waals surface area contributed by atoms with Gasteiger partial charge in [-0.15, -0.1) is 0 Å². The highest BCUT2D eigenvalue weighted by molar-refractivity contribution is 5.87. The molecular weight excluding hydrogens is 440 g/mol. The van der Waals surface area contributed by atoms with Gasteiger partial charge in [0, 0.05) is 26.7 Å². The molecule has 0 aliphatic carbocycles. The number of aliphatic hydroxyl groups is 2. The van der Waals surface area contributed by atoms with Crippen LogP contribution >= 0.6 is 0 Å². The Morgan fingerprint density at radius 1 is 0.971 bits per heavy atom. The first kappa shape index (κ1) is 24.9. The number of β-amino-alcohol motifs (C(OH)–C–C–N with tert-alkyl or cyclic N) is 1. The Kier molecular flexibility index (Phi) is 8.53. The summed E-state index contributed by atoms with van der Waals surface area (Å²) in [5.74, 6) is 0.285. The molecule has 1 amide bonds. The lowest BCUT2D eigenvalue weighted by Crippen LogP contribution is -2.41. The van der Waals surface area contributed by atoms with E-state index in [0.717, 1.165) is 29.7 Å². The van der Waals surface area contributed by atoms with Crippen LogP contribution in [0.5, 0.6) is 5.75 Å². The second-order valence-electron chi connectivity index (χ2n) is 9.06. The number of likely N-dealkylation sites (tertiary alicyclic amines) is 1. The van der Waals surface area contributed by atoms with Crippen LogP contribution in [0.1, 0.15) is 35.1 Å². The lowest BCUT2D eigenvalue weighted by atomic mass is 9.89. The second-order valence-corrected chi connectivity index (χ2v) is 9.06. The number of likely N-dealkylation sites (N-methyl/N-ethyl adjacent to an activating group) is 1. The molecule has 1 aliphatic heterocycles. The van der Waals surface area contributed by atoms with Crippen molar-refractivity contribution in [1.29, 1.82) is 0 Å². The number of carbonyl (C=O) groups is 1. The SMILES string of the molecule is CN(C(=O)C(c1ccccc1)c1ccccc1)C(CN1CC[C@H](O)C1)c1ccc(OCCO)cc1. The fourth-order valence-electron chi connectivity index (χ4n) is 4.75. The normalized spacial score (nSPS) is 16.9. The molecule has 0 radical (unpaired) electrons. The topological polar surface area (TPSA) is 73.2 Å². The van der Waals surface area contributed by atoms with E-state index in [1.165, 1.54) is 0 Å². The van der Waals surface area contributed by atoms with E-state index in [9.17, 15) is 9.90 Å². The molecule has 1 aliphatic rings. The van der Waals surface area contributed by atoms with Crippen molar-refractivity contribution >= 4 is 5.91 Å². The Labute approximate surface area is 207 Å². The van der Waals surface area contributed by atoms with Crippen LogP contribution in [0.3, 0.4) is 0 Å². The first-order chi connectivity index (χ1) is 17.1. The number of rotatable bonds is 10. The average Bonchev–Trinajstić information content (AvgIpc) is 3.32. The Bertz CT molecular complexity index is 1020. The molecule has 2 atom stereocenters. The summed E-state index contributed by atoms with van der Waals surface area (Å²) in [5, 5.41) is 19.1. The molecule has 3 aromatic carbocycles. The molecular formula is C29H34N2O4. The summed E-state index contributed by atoms with van der Waals surface area (Å²) in [7, 11) is 1.87. The fourth-order valence-corrected chi connectivity index (χ4v) is 4.75. The van der Waals surface area contributed by atoms with Crippen molar-refractivity contribution in [3.8, 4) is 5.75 Å². The van der Waals surface area contributed by atoms with E-state index >= 15 is 0 Å². The molecule has 0 spiro atoms. The summed E-state index contributed by atoms with van der Waals surface area (Å²) in [5.41, 5.74) is 2.91. The van der Waals surface area contributed by atoms with Gasteiger partial charge in [-0.2, -0.15) is 0 Å². The van der Waals surface area contributed by atoms with Gasteiger partial charge in [-0.3, -0.25) is 9.69 Å². The monoisotopic (exact) mass is 474 g/mol. The number of hydrogen-bond donors (Lipinski definition) is 2. The highest BCUT2D eigenvalue weighted by Gasteiger charge is 2.32. The maximum absolute atomic E-state index is 14.1. The van der Waals surface area contributed by atoms with Gasteiger partial charge in [-0.25, -0.2) is 0 Å². The number of carbonyl (C=O) groups excluding carboxylic acids is 1.